The third kappa shape index (κ3) is 1.73. The third-order valence-electron chi connectivity index (χ3n) is 2.38. The van der Waals surface area contributed by atoms with Crippen LogP contribution in [0.4, 0.5) is 0 Å². The molecule has 1 aromatic heterocycles. The summed E-state index contributed by atoms with van der Waals surface area (Å²) >= 11 is 1.79. The molecule has 0 unspecified atom stereocenters. The second-order valence-electron chi connectivity index (χ2n) is 3.53. The maximum Gasteiger partial charge on any atom is 0.307 e. The van der Waals surface area contributed by atoms with Crippen molar-refractivity contribution in [2.75, 3.05) is 0 Å². The van der Waals surface area contributed by atoms with E-state index < -0.39 is 5.97 Å². The molecular weight excluding hydrogens is 196 g/mol. The standard InChI is InChI=1S/C11H12O2S/c1-7-5-9-8(6-11(12)13)3-2-4-10(9)14-7/h3,5H,2,4,6H2,1H3,(H,12,13). The van der Waals surface area contributed by atoms with E-state index in [-0.39, 0.29) is 6.42 Å². The highest BCUT2D eigenvalue weighted by Crippen LogP contribution is 2.34. The van der Waals surface area contributed by atoms with Gasteiger partial charge in [0, 0.05) is 9.75 Å². The summed E-state index contributed by atoms with van der Waals surface area (Å²) in [5.74, 6) is -0.743. The molecule has 1 aromatic rings. The third-order valence-corrected chi connectivity index (χ3v) is 3.49. The summed E-state index contributed by atoms with van der Waals surface area (Å²) in [5.41, 5.74) is 2.16. The van der Waals surface area contributed by atoms with E-state index in [0.29, 0.717) is 0 Å². The van der Waals surface area contributed by atoms with Gasteiger partial charge >= 0.3 is 5.97 Å². The number of aliphatic carboxylic acids is 1. The number of aryl methyl sites for hydroxylation is 2. The molecule has 0 fully saturated rings. The molecule has 14 heavy (non-hydrogen) atoms. The number of thiophene rings is 1. The first-order chi connectivity index (χ1) is 6.66. The van der Waals surface area contributed by atoms with Crippen LogP contribution < -0.4 is 0 Å². The van der Waals surface area contributed by atoms with Crippen molar-refractivity contribution in [2.45, 2.75) is 26.2 Å². The smallest absolute Gasteiger partial charge is 0.307 e. The van der Waals surface area contributed by atoms with Gasteiger partial charge in [0.2, 0.25) is 0 Å². The summed E-state index contributed by atoms with van der Waals surface area (Å²) in [4.78, 5) is 13.3. The largest absolute Gasteiger partial charge is 0.481 e. The van der Waals surface area contributed by atoms with Crippen LogP contribution in [0, 0.1) is 6.92 Å². The van der Waals surface area contributed by atoms with Crippen molar-refractivity contribution in [3.63, 3.8) is 0 Å². The van der Waals surface area contributed by atoms with E-state index in [9.17, 15) is 4.79 Å². The van der Waals surface area contributed by atoms with Gasteiger partial charge in [-0.05, 0) is 37.0 Å². The highest BCUT2D eigenvalue weighted by molar-refractivity contribution is 7.12. The van der Waals surface area contributed by atoms with Gasteiger partial charge in [-0.25, -0.2) is 0 Å². The van der Waals surface area contributed by atoms with Crippen LogP contribution in [0.3, 0.4) is 0 Å². The van der Waals surface area contributed by atoms with Crippen LogP contribution in [0.25, 0.3) is 5.57 Å². The predicted octanol–water partition coefficient (Wildman–Crippen LogP) is 2.86. The number of carbonyl (C=O) groups is 1. The fourth-order valence-electron chi connectivity index (χ4n) is 1.84. The minimum Gasteiger partial charge on any atom is -0.481 e. The summed E-state index contributed by atoms with van der Waals surface area (Å²) in [6, 6.07) is 2.11. The maximum absolute atomic E-state index is 10.6. The van der Waals surface area contributed by atoms with Crippen molar-refractivity contribution in [3.05, 3.63) is 27.5 Å². The Labute approximate surface area is 86.9 Å². The summed E-state index contributed by atoms with van der Waals surface area (Å²) < 4.78 is 0. The highest BCUT2D eigenvalue weighted by Gasteiger charge is 2.16. The quantitative estimate of drug-likeness (QED) is 0.811. The molecule has 0 saturated heterocycles. The number of fused-ring (bicyclic) bond motifs is 1. The average molecular weight is 208 g/mol. The van der Waals surface area contributed by atoms with Gasteiger partial charge in [0.15, 0.2) is 0 Å². The molecule has 2 nitrogen and oxygen atoms in total. The molecule has 1 aliphatic carbocycles. The van der Waals surface area contributed by atoms with Crippen LogP contribution >= 0.6 is 11.3 Å². The Hall–Kier alpha value is -1.09. The lowest BCUT2D eigenvalue weighted by molar-refractivity contribution is -0.135. The molecule has 1 N–H and O–H groups in total. The lowest BCUT2D eigenvalue weighted by atomic mass is 9.95. The van der Waals surface area contributed by atoms with E-state index in [1.165, 1.54) is 15.3 Å². The van der Waals surface area contributed by atoms with Crippen molar-refractivity contribution < 1.29 is 9.90 Å². The minimum atomic E-state index is -0.743. The Morgan fingerprint density at radius 2 is 2.43 bits per heavy atom. The van der Waals surface area contributed by atoms with E-state index in [1.54, 1.807) is 11.3 Å². The van der Waals surface area contributed by atoms with E-state index in [0.717, 1.165) is 18.4 Å². The van der Waals surface area contributed by atoms with Crippen molar-refractivity contribution in [3.8, 4) is 0 Å². The Morgan fingerprint density at radius 3 is 3.14 bits per heavy atom. The Morgan fingerprint density at radius 1 is 1.64 bits per heavy atom. The normalized spacial score (nSPS) is 14.8. The van der Waals surface area contributed by atoms with E-state index in [1.807, 2.05) is 0 Å². The molecule has 0 atom stereocenters. The van der Waals surface area contributed by atoms with E-state index in [2.05, 4.69) is 19.1 Å². The predicted molar refractivity (Wildman–Crippen MR) is 57.6 cm³/mol. The summed E-state index contributed by atoms with van der Waals surface area (Å²) in [7, 11) is 0. The van der Waals surface area contributed by atoms with Gasteiger partial charge < -0.3 is 5.11 Å². The molecular formula is C11H12O2S. The van der Waals surface area contributed by atoms with Gasteiger partial charge in [0.1, 0.15) is 0 Å². The van der Waals surface area contributed by atoms with Crippen molar-refractivity contribution in [1.82, 2.24) is 0 Å². The topological polar surface area (TPSA) is 37.3 Å². The molecule has 1 aliphatic rings. The second kappa shape index (κ2) is 3.58. The molecule has 0 radical (unpaired) electrons. The Balaban J connectivity index is 2.34. The van der Waals surface area contributed by atoms with Crippen molar-refractivity contribution in [1.29, 1.82) is 0 Å². The number of hydrogen-bond donors (Lipinski definition) is 1. The maximum atomic E-state index is 10.6. The fraction of sp³-hybridized carbons (Fsp3) is 0.364. The van der Waals surface area contributed by atoms with Crippen LogP contribution in [0.2, 0.25) is 0 Å². The number of rotatable bonds is 2. The molecule has 0 spiro atoms. The highest BCUT2D eigenvalue weighted by atomic mass is 32.1. The second-order valence-corrected chi connectivity index (χ2v) is 4.87. The lowest BCUT2D eigenvalue weighted by Crippen LogP contribution is -2.01. The molecule has 0 aliphatic heterocycles. The average Bonchev–Trinajstić information content (AvgIpc) is 2.45. The molecule has 0 saturated carbocycles. The van der Waals surface area contributed by atoms with Gasteiger partial charge in [-0.1, -0.05) is 6.08 Å². The fourth-order valence-corrected chi connectivity index (χ4v) is 2.92. The molecule has 0 aromatic carbocycles. The van der Waals surface area contributed by atoms with Crippen molar-refractivity contribution >= 4 is 22.9 Å². The summed E-state index contributed by atoms with van der Waals surface area (Å²) in [5, 5.41) is 8.76. The number of allylic oxidation sites excluding steroid dienone is 1. The number of carboxylic acids is 1. The Kier molecular flexibility index (Phi) is 2.42. The van der Waals surface area contributed by atoms with Gasteiger partial charge in [0.05, 0.1) is 6.42 Å². The molecule has 1 heterocycles. The van der Waals surface area contributed by atoms with Crippen LogP contribution in [-0.2, 0) is 11.2 Å². The van der Waals surface area contributed by atoms with E-state index in [4.69, 9.17) is 5.11 Å². The zero-order valence-corrected chi connectivity index (χ0v) is 8.86. The van der Waals surface area contributed by atoms with Crippen LogP contribution in [0.15, 0.2) is 12.1 Å². The Bertz CT molecular complexity index is 401. The van der Waals surface area contributed by atoms with Gasteiger partial charge in [-0.15, -0.1) is 11.3 Å². The molecule has 2 rings (SSSR count). The number of hydrogen-bond acceptors (Lipinski definition) is 2. The zero-order chi connectivity index (χ0) is 10.1. The van der Waals surface area contributed by atoms with Crippen LogP contribution in [0.5, 0.6) is 0 Å². The SMILES string of the molecule is Cc1cc2c(s1)CCC=C2CC(=O)O. The molecule has 3 heteroatoms. The van der Waals surface area contributed by atoms with Gasteiger partial charge in [0.25, 0.3) is 0 Å². The first-order valence-corrected chi connectivity index (χ1v) is 5.49. The monoisotopic (exact) mass is 208 g/mol. The lowest BCUT2D eigenvalue weighted by Gasteiger charge is -2.11. The van der Waals surface area contributed by atoms with Gasteiger partial charge in [-0.2, -0.15) is 0 Å². The molecule has 74 valence electrons. The first-order valence-electron chi connectivity index (χ1n) is 4.67. The van der Waals surface area contributed by atoms with Crippen LogP contribution in [-0.4, -0.2) is 11.1 Å². The van der Waals surface area contributed by atoms with E-state index >= 15 is 0 Å². The zero-order valence-electron chi connectivity index (χ0n) is 8.04. The molecule has 0 bridgehead atoms. The summed E-state index contributed by atoms with van der Waals surface area (Å²) in [6.07, 6.45) is 4.26. The van der Waals surface area contributed by atoms with Crippen LogP contribution in [0.1, 0.15) is 28.2 Å². The summed E-state index contributed by atoms with van der Waals surface area (Å²) in [6.45, 7) is 2.07. The molecule has 0 amide bonds. The van der Waals surface area contributed by atoms with Gasteiger partial charge in [-0.3, -0.25) is 4.79 Å². The first kappa shape index (κ1) is 9.46. The minimum absolute atomic E-state index is 0.156. The van der Waals surface area contributed by atoms with Crippen molar-refractivity contribution in [2.24, 2.45) is 0 Å². The number of carboxylic acid groups (broad SMARTS) is 1.